The number of fused-ring (bicyclic) bond motifs is 2. The molecule has 1 aromatic carbocycles. The number of piperidine rings is 1. The summed E-state index contributed by atoms with van der Waals surface area (Å²) >= 11 is 0. The Bertz CT molecular complexity index is 1190. The van der Waals surface area contributed by atoms with Crippen LogP contribution in [0.15, 0.2) is 48.7 Å². The van der Waals surface area contributed by atoms with Crippen LogP contribution < -0.4 is 10.6 Å². The molecule has 2 aromatic heterocycles. The summed E-state index contributed by atoms with van der Waals surface area (Å²) in [6, 6.07) is 11.9. The number of carbonyl (C=O) groups is 3. The molecular formula is C23H24N6O3. The van der Waals surface area contributed by atoms with Crippen LogP contribution in [-0.2, 0) is 9.59 Å². The monoisotopic (exact) mass is 432 g/mol. The maximum atomic E-state index is 13.0. The van der Waals surface area contributed by atoms with E-state index in [0.717, 1.165) is 24.3 Å². The average Bonchev–Trinajstić information content (AvgIpc) is 3.21. The molecule has 0 spiro atoms. The van der Waals surface area contributed by atoms with E-state index in [1.54, 1.807) is 24.3 Å². The van der Waals surface area contributed by atoms with Gasteiger partial charge in [-0.15, -0.1) is 10.2 Å². The lowest BCUT2D eigenvalue weighted by atomic mass is 9.96. The maximum Gasteiger partial charge on any atom is 0.254 e. The van der Waals surface area contributed by atoms with E-state index in [1.165, 1.54) is 0 Å². The lowest BCUT2D eigenvalue weighted by molar-refractivity contribution is -0.132. The molecule has 2 aliphatic rings. The van der Waals surface area contributed by atoms with Crippen molar-refractivity contribution in [1.82, 2.24) is 24.8 Å². The third-order valence-electron chi connectivity index (χ3n) is 6.18. The Morgan fingerprint density at radius 2 is 1.94 bits per heavy atom. The molecule has 1 fully saturated rings. The van der Waals surface area contributed by atoms with Gasteiger partial charge in [-0.3, -0.25) is 18.8 Å². The molecular weight excluding hydrogens is 408 g/mol. The predicted molar refractivity (Wildman–Crippen MR) is 117 cm³/mol. The lowest BCUT2D eigenvalue weighted by Gasteiger charge is -2.32. The third-order valence-corrected chi connectivity index (χ3v) is 6.18. The number of carbonyl (C=O) groups excluding carboxylic acids is 3. The highest BCUT2D eigenvalue weighted by molar-refractivity contribution is 6.09. The zero-order valence-corrected chi connectivity index (χ0v) is 17.5. The van der Waals surface area contributed by atoms with E-state index in [2.05, 4.69) is 20.8 Å². The van der Waals surface area contributed by atoms with Crippen molar-refractivity contribution in [3.05, 3.63) is 60.0 Å². The Morgan fingerprint density at radius 3 is 2.84 bits per heavy atom. The van der Waals surface area contributed by atoms with Crippen LogP contribution in [0.3, 0.4) is 0 Å². The Hall–Kier alpha value is -3.75. The molecule has 0 aliphatic carbocycles. The summed E-state index contributed by atoms with van der Waals surface area (Å²) in [5, 5.41) is 14.1. The highest BCUT2D eigenvalue weighted by Crippen LogP contribution is 2.27. The molecule has 1 saturated heterocycles. The molecule has 2 N–H and O–H groups in total. The fraction of sp³-hybridized carbons (Fsp3) is 0.348. The van der Waals surface area contributed by atoms with Crippen LogP contribution in [0, 0.1) is 0 Å². The van der Waals surface area contributed by atoms with Crippen molar-refractivity contribution < 1.29 is 14.4 Å². The van der Waals surface area contributed by atoms with Crippen LogP contribution in [0.5, 0.6) is 0 Å². The average molecular weight is 432 g/mol. The number of nitrogens with zero attached hydrogens (tertiary/aromatic N) is 4. The normalized spacial score (nSPS) is 20.9. The molecule has 2 aliphatic heterocycles. The van der Waals surface area contributed by atoms with Gasteiger partial charge >= 0.3 is 0 Å². The first kappa shape index (κ1) is 20.2. The largest absolute Gasteiger partial charge is 0.342 e. The highest BCUT2D eigenvalue weighted by atomic mass is 16.2. The standard InChI is InChI=1S/C23H24N6O3/c30-20(11-10-18-23(32)24-17-8-2-1-7-16(17)22(31)25-18)28-12-5-6-15(14-28)21-27-26-19-9-3-4-13-29(19)21/h1-4,7-9,13,15,18H,5-6,10-12,14H2,(H,24,32)(H,25,31)/t15?,18-/m0/s1. The van der Waals surface area contributed by atoms with Crippen LogP contribution in [0.2, 0.25) is 0 Å². The number of nitrogens with one attached hydrogen (secondary N) is 2. The Morgan fingerprint density at radius 1 is 1.09 bits per heavy atom. The highest BCUT2D eigenvalue weighted by Gasteiger charge is 2.31. The second-order valence-corrected chi connectivity index (χ2v) is 8.27. The summed E-state index contributed by atoms with van der Waals surface area (Å²) in [5.74, 6) is 0.342. The minimum atomic E-state index is -0.750. The van der Waals surface area contributed by atoms with Gasteiger partial charge in [0.2, 0.25) is 11.8 Å². The second kappa shape index (κ2) is 8.41. The number of pyridine rings is 1. The van der Waals surface area contributed by atoms with Crippen molar-refractivity contribution in [3.63, 3.8) is 0 Å². The van der Waals surface area contributed by atoms with E-state index in [0.29, 0.717) is 24.3 Å². The molecule has 0 bridgehead atoms. The molecule has 32 heavy (non-hydrogen) atoms. The Balaban J connectivity index is 1.22. The summed E-state index contributed by atoms with van der Waals surface area (Å²) in [5.41, 5.74) is 1.71. The number of para-hydroxylation sites is 1. The molecule has 4 heterocycles. The van der Waals surface area contributed by atoms with Crippen molar-refractivity contribution in [2.24, 2.45) is 0 Å². The van der Waals surface area contributed by atoms with Crippen LogP contribution in [-0.4, -0.2) is 56.4 Å². The zero-order chi connectivity index (χ0) is 22.1. The fourth-order valence-electron chi connectivity index (χ4n) is 4.49. The van der Waals surface area contributed by atoms with Gasteiger partial charge in [0.25, 0.3) is 5.91 Å². The number of aromatic nitrogens is 3. The van der Waals surface area contributed by atoms with Crippen molar-refractivity contribution >= 4 is 29.1 Å². The summed E-state index contributed by atoms with van der Waals surface area (Å²) in [4.78, 5) is 39.8. The molecule has 9 nitrogen and oxygen atoms in total. The summed E-state index contributed by atoms with van der Waals surface area (Å²) in [6.45, 7) is 1.25. The molecule has 1 unspecified atom stereocenters. The maximum absolute atomic E-state index is 13.0. The topological polar surface area (TPSA) is 109 Å². The van der Waals surface area contributed by atoms with Crippen molar-refractivity contribution in [2.75, 3.05) is 18.4 Å². The lowest BCUT2D eigenvalue weighted by Crippen LogP contribution is -2.43. The fourth-order valence-corrected chi connectivity index (χ4v) is 4.49. The van der Waals surface area contributed by atoms with Gasteiger partial charge in [-0.05, 0) is 43.5 Å². The third kappa shape index (κ3) is 3.81. The zero-order valence-electron chi connectivity index (χ0n) is 17.5. The first-order valence-corrected chi connectivity index (χ1v) is 10.9. The molecule has 3 amide bonds. The number of benzene rings is 1. The van der Waals surface area contributed by atoms with Crippen LogP contribution in [0.1, 0.15) is 47.8 Å². The van der Waals surface area contributed by atoms with Gasteiger partial charge < -0.3 is 15.5 Å². The smallest absolute Gasteiger partial charge is 0.254 e. The van der Waals surface area contributed by atoms with Crippen LogP contribution in [0.25, 0.3) is 5.65 Å². The first-order valence-electron chi connectivity index (χ1n) is 10.9. The molecule has 0 saturated carbocycles. The van der Waals surface area contributed by atoms with E-state index >= 15 is 0 Å². The van der Waals surface area contributed by atoms with E-state index < -0.39 is 6.04 Å². The van der Waals surface area contributed by atoms with Gasteiger partial charge in [-0.2, -0.15) is 0 Å². The van der Waals surface area contributed by atoms with E-state index in [-0.39, 0.29) is 36.5 Å². The van der Waals surface area contributed by atoms with Crippen molar-refractivity contribution in [3.8, 4) is 0 Å². The molecule has 0 radical (unpaired) electrons. The van der Waals surface area contributed by atoms with Gasteiger partial charge in [0.15, 0.2) is 5.65 Å². The van der Waals surface area contributed by atoms with Gasteiger partial charge in [0.05, 0.1) is 11.3 Å². The van der Waals surface area contributed by atoms with E-state index in [1.807, 2.05) is 33.7 Å². The number of hydrogen-bond donors (Lipinski definition) is 2. The van der Waals surface area contributed by atoms with Gasteiger partial charge in [0, 0.05) is 31.6 Å². The van der Waals surface area contributed by atoms with E-state index in [9.17, 15) is 14.4 Å². The number of likely N-dealkylation sites (tertiary alicyclic amines) is 1. The van der Waals surface area contributed by atoms with Crippen LogP contribution in [0.4, 0.5) is 5.69 Å². The first-order chi connectivity index (χ1) is 15.6. The summed E-state index contributed by atoms with van der Waals surface area (Å²) in [6.07, 6.45) is 4.20. The quantitative estimate of drug-likeness (QED) is 0.655. The number of amides is 3. The SMILES string of the molecule is O=C1N[C@@H](CCC(=O)N2CCCC(c3nnc4ccccn34)C2)C(=O)Nc2ccccc21. The van der Waals surface area contributed by atoms with Crippen molar-refractivity contribution in [2.45, 2.75) is 37.6 Å². The molecule has 5 rings (SSSR count). The van der Waals surface area contributed by atoms with Gasteiger partial charge in [0.1, 0.15) is 11.9 Å². The summed E-state index contributed by atoms with van der Waals surface area (Å²) < 4.78 is 1.97. The minimum Gasteiger partial charge on any atom is -0.342 e. The van der Waals surface area contributed by atoms with Crippen molar-refractivity contribution in [1.29, 1.82) is 0 Å². The Kier molecular flexibility index (Phi) is 5.30. The molecule has 3 aromatic rings. The van der Waals surface area contributed by atoms with Gasteiger partial charge in [-0.1, -0.05) is 18.2 Å². The second-order valence-electron chi connectivity index (χ2n) is 8.27. The summed E-state index contributed by atoms with van der Waals surface area (Å²) in [7, 11) is 0. The molecule has 2 atom stereocenters. The number of hydrogen-bond acceptors (Lipinski definition) is 5. The minimum absolute atomic E-state index is 0.0210. The van der Waals surface area contributed by atoms with Gasteiger partial charge in [-0.25, -0.2) is 0 Å². The molecule has 164 valence electrons. The van der Waals surface area contributed by atoms with Crippen LogP contribution >= 0.6 is 0 Å². The Labute approximate surface area is 184 Å². The number of anilines is 1. The molecule has 9 heteroatoms. The predicted octanol–water partition coefficient (Wildman–Crippen LogP) is 1.97. The van der Waals surface area contributed by atoms with E-state index in [4.69, 9.17) is 0 Å². The number of rotatable bonds is 4.